The molecule has 0 aliphatic heterocycles. The molecule has 0 aromatic carbocycles. The van der Waals surface area contributed by atoms with Gasteiger partial charge in [0.05, 0.1) is 5.69 Å². The summed E-state index contributed by atoms with van der Waals surface area (Å²) in [6.45, 7) is 1.54. The molecule has 1 aromatic rings. The molecule has 82 valence electrons. The lowest BCUT2D eigenvalue weighted by Gasteiger charge is -1.90. The Morgan fingerprint density at radius 2 is 2.13 bits per heavy atom. The summed E-state index contributed by atoms with van der Waals surface area (Å²) in [4.78, 5) is 21.2. The van der Waals surface area contributed by atoms with Gasteiger partial charge in [0.2, 0.25) is 5.91 Å². The van der Waals surface area contributed by atoms with E-state index in [1.807, 2.05) is 0 Å². The van der Waals surface area contributed by atoms with Crippen molar-refractivity contribution in [2.24, 2.45) is 5.73 Å². The van der Waals surface area contributed by atoms with Gasteiger partial charge in [-0.2, -0.15) is 0 Å². The van der Waals surface area contributed by atoms with Gasteiger partial charge in [0.25, 0.3) is 0 Å². The van der Waals surface area contributed by atoms with E-state index in [4.69, 9.17) is 10.3 Å². The average molecular weight is 210 g/mol. The summed E-state index contributed by atoms with van der Waals surface area (Å²) in [6.07, 6.45) is 1.75. The zero-order chi connectivity index (χ0) is 11.3. The van der Waals surface area contributed by atoms with Crippen LogP contribution in [-0.2, 0) is 22.4 Å². The van der Waals surface area contributed by atoms with Gasteiger partial charge in [0.15, 0.2) is 0 Å². The van der Waals surface area contributed by atoms with E-state index in [1.165, 1.54) is 6.92 Å². The number of amides is 1. The van der Waals surface area contributed by atoms with Crippen LogP contribution in [0.15, 0.2) is 10.6 Å². The molecule has 0 saturated carbocycles. The molecular formula is C10H14N2O3. The molecule has 0 saturated heterocycles. The third-order valence-corrected chi connectivity index (χ3v) is 1.96. The number of rotatable bonds is 6. The first kappa shape index (κ1) is 11.4. The highest BCUT2D eigenvalue weighted by Crippen LogP contribution is 2.08. The summed E-state index contributed by atoms with van der Waals surface area (Å²) in [7, 11) is 0. The number of hydrogen-bond acceptors (Lipinski definition) is 4. The van der Waals surface area contributed by atoms with Crippen molar-refractivity contribution >= 4 is 11.7 Å². The number of hydrogen-bond donors (Lipinski definition) is 1. The third-order valence-electron chi connectivity index (χ3n) is 1.96. The SMILES string of the molecule is CC(=O)CCc1cc(CCC(N)=O)on1. The van der Waals surface area contributed by atoms with Gasteiger partial charge >= 0.3 is 0 Å². The lowest BCUT2D eigenvalue weighted by atomic mass is 10.1. The van der Waals surface area contributed by atoms with Gasteiger partial charge in [-0.1, -0.05) is 5.16 Å². The molecular weight excluding hydrogens is 196 g/mol. The van der Waals surface area contributed by atoms with Crippen molar-refractivity contribution in [2.75, 3.05) is 0 Å². The summed E-state index contributed by atoms with van der Waals surface area (Å²) >= 11 is 0. The van der Waals surface area contributed by atoms with Gasteiger partial charge in [0, 0.05) is 25.3 Å². The van der Waals surface area contributed by atoms with E-state index in [0.717, 1.165) is 5.69 Å². The molecule has 1 amide bonds. The number of ketones is 1. The standard InChI is InChI=1S/C10H14N2O3/c1-7(13)2-3-8-6-9(15-12-8)4-5-10(11)14/h6H,2-5H2,1H3,(H2,11,14). The molecule has 15 heavy (non-hydrogen) atoms. The highest BCUT2D eigenvalue weighted by molar-refractivity contribution is 5.75. The highest BCUT2D eigenvalue weighted by Gasteiger charge is 2.06. The fraction of sp³-hybridized carbons (Fsp3) is 0.500. The molecule has 1 rings (SSSR count). The molecule has 0 fully saturated rings. The maximum absolute atomic E-state index is 10.7. The molecule has 5 nitrogen and oxygen atoms in total. The predicted octanol–water partition coefficient (Wildman–Crippen LogP) is 0.614. The smallest absolute Gasteiger partial charge is 0.217 e. The number of aryl methyl sites for hydroxylation is 2. The highest BCUT2D eigenvalue weighted by atomic mass is 16.5. The number of Topliss-reactive ketones (excluding diaryl/α,β-unsaturated/α-hetero) is 1. The maximum Gasteiger partial charge on any atom is 0.217 e. The second-order valence-corrected chi connectivity index (χ2v) is 3.45. The van der Waals surface area contributed by atoms with E-state index >= 15 is 0 Å². The number of carbonyl (C=O) groups excluding carboxylic acids is 2. The third kappa shape index (κ3) is 4.39. The summed E-state index contributed by atoms with van der Waals surface area (Å²) in [5.41, 5.74) is 5.74. The van der Waals surface area contributed by atoms with E-state index in [0.29, 0.717) is 25.0 Å². The van der Waals surface area contributed by atoms with Crippen LogP contribution >= 0.6 is 0 Å². The van der Waals surface area contributed by atoms with Crippen LogP contribution in [0.3, 0.4) is 0 Å². The second kappa shape index (κ2) is 5.29. The van der Waals surface area contributed by atoms with Crippen molar-refractivity contribution < 1.29 is 14.1 Å². The Kier molecular flexibility index (Phi) is 4.03. The van der Waals surface area contributed by atoms with Crippen LogP contribution in [0.25, 0.3) is 0 Å². The maximum atomic E-state index is 10.7. The minimum absolute atomic E-state index is 0.122. The van der Waals surface area contributed by atoms with Crippen molar-refractivity contribution in [3.8, 4) is 0 Å². The van der Waals surface area contributed by atoms with Crippen molar-refractivity contribution in [3.05, 3.63) is 17.5 Å². The second-order valence-electron chi connectivity index (χ2n) is 3.45. The van der Waals surface area contributed by atoms with Gasteiger partial charge in [-0.15, -0.1) is 0 Å². The van der Waals surface area contributed by atoms with Crippen molar-refractivity contribution in [2.45, 2.75) is 32.6 Å². The molecule has 1 heterocycles. The van der Waals surface area contributed by atoms with Crippen LogP contribution < -0.4 is 5.73 Å². The zero-order valence-corrected chi connectivity index (χ0v) is 8.66. The van der Waals surface area contributed by atoms with Crippen LogP contribution in [0.5, 0.6) is 0 Å². The largest absolute Gasteiger partial charge is 0.370 e. The first-order chi connectivity index (χ1) is 7.08. The molecule has 0 spiro atoms. The van der Waals surface area contributed by atoms with E-state index in [1.54, 1.807) is 6.07 Å². The van der Waals surface area contributed by atoms with Crippen LogP contribution in [0.4, 0.5) is 0 Å². The molecule has 5 heteroatoms. The van der Waals surface area contributed by atoms with Gasteiger partial charge in [-0.25, -0.2) is 0 Å². The first-order valence-corrected chi connectivity index (χ1v) is 4.80. The Bertz CT molecular complexity index is 325. The van der Waals surface area contributed by atoms with Crippen LogP contribution in [0.1, 0.15) is 31.2 Å². The van der Waals surface area contributed by atoms with E-state index in [2.05, 4.69) is 5.16 Å². The predicted molar refractivity (Wildman–Crippen MR) is 53.0 cm³/mol. The molecule has 1 aromatic heterocycles. The molecule has 0 radical (unpaired) electrons. The number of carbonyl (C=O) groups is 2. The molecule has 0 atom stereocenters. The molecule has 0 bridgehead atoms. The van der Waals surface area contributed by atoms with Crippen molar-refractivity contribution in [1.82, 2.24) is 5.16 Å². The fourth-order valence-electron chi connectivity index (χ4n) is 1.14. The monoisotopic (exact) mass is 210 g/mol. The molecule has 0 aliphatic rings. The molecule has 0 unspecified atom stereocenters. The Morgan fingerprint density at radius 3 is 2.73 bits per heavy atom. The zero-order valence-electron chi connectivity index (χ0n) is 8.66. The Balaban J connectivity index is 2.41. The number of nitrogens with zero attached hydrogens (tertiary/aromatic N) is 1. The minimum atomic E-state index is -0.364. The van der Waals surface area contributed by atoms with Crippen molar-refractivity contribution in [3.63, 3.8) is 0 Å². The van der Waals surface area contributed by atoms with E-state index in [-0.39, 0.29) is 18.1 Å². The van der Waals surface area contributed by atoms with Gasteiger partial charge < -0.3 is 15.1 Å². The Hall–Kier alpha value is -1.65. The van der Waals surface area contributed by atoms with Crippen LogP contribution in [0.2, 0.25) is 0 Å². The average Bonchev–Trinajstić information content (AvgIpc) is 2.59. The molecule has 2 N–H and O–H groups in total. The van der Waals surface area contributed by atoms with Crippen molar-refractivity contribution in [1.29, 1.82) is 0 Å². The summed E-state index contributed by atoms with van der Waals surface area (Å²) in [5.74, 6) is 0.390. The van der Waals surface area contributed by atoms with Gasteiger partial charge in [-0.3, -0.25) is 4.79 Å². The normalized spacial score (nSPS) is 10.2. The molecule has 0 aliphatic carbocycles. The topological polar surface area (TPSA) is 86.2 Å². The van der Waals surface area contributed by atoms with Gasteiger partial charge in [-0.05, 0) is 13.3 Å². The van der Waals surface area contributed by atoms with Crippen LogP contribution in [-0.4, -0.2) is 16.8 Å². The number of primary amides is 1. The summed E-state index contributed by atoms with van der Waals surface area (Å²) in [5, 5.41) is 3.79. The Morgan fingerprint density at radius 1 is 1.40 bits per heavy atom. The summed E-state index contributed by atoms with van der Waals surface area (Å²) < 4.78 is 4.98. The van der Waals surface area contributed by atoms with Crippen LogP contribution in [0, 0.1) is 0 Å². The van der Waals surface area contributed by atoms with E-state index < -0.39 is 0 Å². The lowest BCUT2D eigenvalue weighted by molar-refractivity contribution is -0.118. The fourth-order valence-corrected chi connectivity index (χ4v) is 1.14. The first-order valence-electron chi connectivity index (χ1n) is 4.80. The minimum Gasteiger partial charge on any atom is -0.370 e. The Labute approximate surface area is 87.6 Å². The van der Waals surface area contributed by atoms with Gasteiger partial charge in [0.1, 0.15) is 11.5 Å². The lowest BCUT2D eigenvalue weighted by Crippen LogP contribution is -2.10. The summed E-state index contributed by atoms with van der Waals surface area (Å²) in [6, 6.07) is 1.76. The number of aromatic nitrogens is 1. The quantitative estimate of drug-likeness (QED) is 0.745. The number of nitrogens with two attached hydrogens (primary N) is 1. The van der Waals surface area contributed by atoms with E-state index in [9.17, 15) is 9.59 Å².